The Morgan fingerprint density at radius 1 is 1.33 bits per heavy atom. The third kappa shape index (κ3) is 3.62. The van der Waals surface area contributed by atoms with Gasteiger partial charge in [-0.05, 0) is 50.3 Å². The number of pyridine rings is 1. The first-order valence-corrected chi connectivity index (χ1v) is 8.16. The van der Waals surface area contributed by atoms with E-state index in [1.54, 1.807) is 6.92 Å². The lowest BCUT2D eigenvalue weighted by Gasteiger charge is -2.33. The lowest BCUT2D eigenvalue weighted by atomic mass is 9.85. The van der Waals surface area contributed by atoms with Crippen molar-refractivity contribution in [2.75, 3.05) is 13.1 Å². The highest BCUT2D eigenvalue weighted by Gasteiger charge is 2.30. The Morgan fingerprint density at radius 3 is 2.90 bits per heavy atom. The van der Waals surface area contributed by atoms with Crippen molar-refractivity contribution in [3.05, 3.63) is 29.6 Å². The molecule has 4 nitrogen and oxygen atoms in total. The number of rotatable bonds is 5. The Balaban J connectivity index is 1.66. The van der Waals surface area contributed by atoms with Gasteiger partial charge in [-0.3, -0.25) is 14.7 Å². The predicted molar refractivity (Wildman–Crippen MR) is 82.6 cm³/mol. The van der Waals surface area contributed by atoms with Gasteiger partial charge in [0, 0.05) is 13.5 Å². The molecule has 0 spiro atoms. The number of carbonyl (C=O) groups is 1. The van der Waals surface area contributed by atoms with E-state index in [0.717, 1.165) is 11.6 Å². The summed E-state index contributed by atoms with van der Waals surface area (Å²) in [6.45, 7) is 4.51. The molecule has 2 heterocycles. The van der Waals surface area contributed by atoms with Gasteiger partial charge in [-0.1, -0.05) is 12.5 Å². The highest BCUT2D eigenvalue weighted by Crippen LogP contribution is 2.35. The molecule has 3 rings (SSSR count). The number of hydrogen-bond donors (Lipinski definition) is 1. The molecule has 2 aliphatic rings. The summed E-state index contributed by atoms with van der Waals surface area (Å²) in [6.07, 6.45) is 6.70. The SMILES string of the molecule is CC(=O)NCc1cccc([C@H]2CCCN2CC2CCC2)n1. The lowest BCUT2D eigenvalue weighted by molar-refractivity contribution is -0.119. The summed E-state index contributed by atoms with van der Waals surface area (Å²) in [7, 11) is 0. The minimum Gasteiger partial charge on any atom is -0.351 e. The fourth-order valence-electron chi connectivity index (χ4n) is 3.38. The molecule has 21 heavy (non-hydrogen) atoms. The van der Waals surface area contributed by atoms with Crippen LogP contribution in [0.4, 0.5) is 0 Å². The zero-order valence-electron chi connectivity index (χ0n) is 12.8. The van der Waals surface area contributed by atoms with Gasteiger partial charge in [0.25, 0.3) is 0 Å². The molecule has 1 saturated carbocycles. The van der Waals surface area contributed by atoms with E-state index in [0.29, 0.717) is 12.6 Å². The zero-order valence-corrected chi connectivity index (χ0v) is 12.8. The van der Waals surface area contributed by atoms with E-state index in [2.05, 4.69) is 22.3 Å². The number of aromatic nitrogens is 1. The van der Waals surface area contributed by atoms with Crippen molar-refractivity contribution in [2.45, 2.75) is 51.6 Å². The summed E-state index contributed by atoms with van der Waals surface area (Å²) in [5.41, 5.74) is 2.13. The second-order valence-corrected chi connectivity index (χ2v) is 6.41. The largest absolute Gasteiger partial charge is 0.351 e. The van der Waals surface area contributed by atoms with E-state index in [4.69, 9.17) is 4.98 Å². The molecule has 0 unspecified atom stereocenters. The van der Waals surface area contributed by atoms with Crippen molar-refractivity contribution >= 4 is 5.91 Å². The fourth-order valence-corrected chi connectivity index (χ4v) is 3.38. The molecule has 0 aromatic carbocycles. The van der Waals surface area contributed by atoms with E-state index >= 15 is 0 Å². The van der Waals surface area contributed by atoms with Crippen LogP contribution in [0.2, 0.25) is 0 Å². The summed E-state index contributed by atoms with van der Waals surface area (Å²) in [4.78, 5) is 18.4. The average Bonchev–Trinajstić information content (AvgIpc) is 2.89. The van der Waals surface area contributed by atoms with Crippen molar-refractivity contribution < 1.29 is 4.79 Å². The Kier molecular flexibility index (Phi) is 4.54. The van der Waals surface area contributed by atoms with E-state index in [9.17, 15) is 4.79 Å². The van der Waals surface area contributed by atoms with Crippen LogP contribution in [0.3, 0.4) is 0 Å². The van der Waals surface area contributed by atoms with Gasteiger partial charge >= 0.3 is 0 Å². The highest BCUT2D eigenvalue weighted by atomic mass is 16.1. The van der Waals surface area contributed by atoms with Crippen molar-refractivity contribution in [3.8, 4) is 0 Å². The maximum absolute atomic E-state index is 11.0. The summed E-state index contributed by atoms with van der Waals surface area (Å²) in [5.74, 6) is 0.905. The van der Waals surface area contributed by atoms with Crippen LogP contribution in [0.25, 0.3) is 0 Å². The number of hydrogen-bond acceptors (Lipinski definition) is 3. The Bertz CT molecular complexity index is 499. The molecule has 1 amide bonds. The summed E-state index contributed by atoms with van der Waals surface area (Å²) in [6, 6.07) is 6.67. The van der Waals surface area contributed by atoms with Gasteiger partial charge in [0.15, 0.2) is 0 Å². The standard InChI is InChI=1S/C17H25N3O/c1-13(21)18-11-15-7-3-8-16(19-15)17-9-4-10-20(17)12-14-5-2-6-14/h3,7-8,14,17H,2,4-6,9-12H2,1H3,(H,18,21)/t17-/m1/s1. The van der Waals surface area contributed by atoms with E-state index in [1.807, 2.05) is 6.07 Å². The predicted octanol–water partition coefficient (Wildman–Crippen LogP) is 2.65. The summed E-state index contributed by atoms with van der Waals surface area (Å²) < 4.78 is 0. The van der Waals surface area contributed by atoms with E-state index in [1.165, 1.54) is 50.9 Å². The van der Waals surface area contributed by atoms with E-state index in [-0.39, 0.29) is 5.91 Å². The van der Waals surface area contributed by atoms with Crippen molar-refractivity contribution in [3.63, 3.8) is 0 Å². The smallest absolute Gasteiger partial charge is 0.217 e. The molecule has 0 radical (unpaired) electrons. The number of nitrogens with zero attached hydrogens (tertiary/aromatic N) is 2. The molecule has 2 fully saturated rings. The van der Waals surface area contributed by atoms with Crippen LogP contribution in [-0.2, 0) is 11.3 Å². The monoisotopic (exact) mass is 287 g/mol. The number of nitrogens with one attached hydrogen (secondary N) is 1. The summed E-state index contributed by atoms with van der Waals surface area (Å²) >= 11 is 0. The highest BCUT2D eigenvalue weighted by molar-refractivity contribution is 5.72. The third-order valence-corrected chi connectivity index (χ3v) is 4.77. The number of amides is 1. The molecule has 1 saturated heterocycles. The minimum atomic E-state index is -0.00493. The second-order valence-electron chi connectivity index (χ2n) is 6.41. The topological polar surface area (TPSA) is 45.2 Å². The maximum Gasteiger partial charge on any atom is 0.217 e. The molecule has 1 aromatic heterocycles. The van der Waals surface area contributed by atoms with Gasteiger partial charge < -0.3 is 5.32 Å². The normalized spacial score (nSPS) is 23.0. The van der Waals surface area contributed by atoms with Gasteiger partial charge in [0.05, 0.1) is 24.0 Å². The third-order valence-electron chi connectivity index (χ3n) is 4.77. The van der Waals surface area contributed by atoms with Crippen LogP contribution in [0, 0.1) is 5.92 Å². The molecule has 114 valence electrons. The van der Waals surface area contributed by atoms with Gasteiger partial charge in [0.2, 0.25) is 5.91 Å². The van der Waals surface area contributed by atoms with Crippen LogP contribution >= 0.6 is 0 Å². The lowest BCUT2D eigenvalue weighted by Crippen LogP contribution is -2.32. The van der Waals surface area contributed by atoms with Crippen molar-refractivity contribution in [1.82, 2.24) is 15.2 Å². The maximum atomic E-state index is 11.0. The first-order chi connectivity index (χ1) is 10.2. The molecular formula is C17H25N3O. The van der Waals surface area contributed by atoms with Crippen LogP contribution < -0.4 is 5.32 Å². The Labute approximate surface area is 126 Å². The second kappa shape index (κ2) is 6.56. The van der Waals surface area contributed by atoms with Gasteiger partial charge in [-0.25, -0.2) is 0 Å². The average molecular weight is 287 g/mol. The molecule has 1 atom stereocenters. The first-order valence-electron chi connectivity index (χ1n) is 8.16. The fraction of sp³-hybridized carbons (Fsp3) is 0.647. The van der Waals surface area contributed by atoms with Crippen LogP contribution in [0.5, 0.6) is 0 Å². The molecule has 1 N–H and O–H groups in total. The summed E-state index contributed by atoms with van der Waals surface area (Å²) in [5, 5.41) is 2.83. The Hall–Kier alpha value is -1.42. The van der Waals surface area contributed by atoms with Crippen LogP contribution in [0.15, 0.2) is 18.2 Å². The molecule has 1 aromatic rings. The van der Waals surface area contributed by atoms with Gasteiger partial charge in [-0.15, -0.1) is 0 Å². The van der Waals surface area contributed by atoms with Gasteiger partial charge in [-0.2, -0.15) is 0 Å². The van der Waals surface area contributed by atoms with Crippen molar-refractivity contribution in [1.29, 1.82) is 0 Å². The molecule has 4 heteroatoms. The molecule has 1 aliphatic carbocycles. The van der Waals surface area contributed by atoms with Crippen LogP contribution in [0.1, 0.15) is 56.5 Å². The van der Waals surface area contributed by atoms with E-state index < -0.39 is 0 Å². The molecule has 0 bridgehead atoms. The van der Waals surface area contributed by atoms with Gasteiger partial charge in [0.1, 0.15) is 0 Å². The Morgan fingerprint density at radius 2 is 2.19 bits per heavy atom. The first kappa shape index (κ1) is 14.5. The molecular weight excluding hydrogens is 262 g/mol. The minimum absolute atomic E-state index is 0.00493. The molecule has 1 aliphatic heterocycles. The van der Waals surface area contributed by atoms with Crippen LogP contribution in [-0.4, -0.2) is 28.9 Å². The quantitative estimate of drug-likeness (QED) is 0.905. The van der Waals surface area contributed by atoms with Crippen molar-refractivity contribution in [2.24, 2.45) is 5.92 Å². The number of likely N-dealkylation sites (tertiary alicyclic amines) is 1. The number of carbonyl (C=O) groups excluding carboxylic acids is 1. The zero-order chi connectivity index (χ0) is 14.7.